The van der Waals surface area contributed by atoms with E-state index in [9.17, 15) is 11.0 Å². The van der Waals surface area contributed by atoms with E-state index in [1.54, 1.807) is 4.57 Å². The van der Waals surface area contributed by atoms with Gasteiger partial charge in [-0.3, -0.25) is 0 Å². The number of anilines is 3. The molecule has 0 N–H and O–H groups in total. The highest BCUT2D eigenvalue weighted by molar-refractivity contribution is 6.99. The summed E-state index contributed by atoms with van der Waals surface area (Å²) in [5, 5.41) is 4.58. The van der Waals surface area contributed by atoms with E-state index in [4.69, 9.17) is 4.74 Å². The molecule has 0 saturated heterocycles. The highest BCUT2D eigenvalue weighted by atomic mass is 16.5. The number of hydrogen-bond donors (Lipinski definition) is 0. The van der Waals surface area contributed by atoms with Crippen molar-refractivity contribution in [1.29, 1.82) is 0 Å². The second-order valence-electron chi connectivity index (χ2n) is 34.8. The van der Waals surface area contributed by atoms with Crippen LogP contribution in [-0.4, -0.2) is 20.4 Å². The Labute approximate surface area is 629 Å². The van der Waals surface area contributed by atoms with E-state index in [1.807, 2.05) is 12.1 Å². The Morgan fingerprint density at radius 1 is 0.314 bits per heavy atom. The maximum absolute atomic E-state index is 10.2. The summed E-state index contributed by atoms with van der Waals surface area (Å²) in [7, 11) is 0. The fraction of sp³-hybridized carbons (Fsp3) is 0.212. The van der Waals surface area contributed by atoms with E-state index in [1.165, 1.54) is 22.3 Å². The van der Waals surface area contributed by atoms with Crippen molar-refractivity contribution in [2.75, 3.05) is 4.90 Å². The predicted octanol–water partition coefficient (Wildman–Crippen LogP) is 24.2. The average molecular weight is 1370 g/mol. The number of aromatic nitrogens is 3. The van der Waals surface area contributed by atoms with Gasteiger partial charge in [0, 0.05) is 77.4 Å². The van der Waals surface area contributed by atoms with Gasteiger partial charge in [-0.25, -0.2) is 0 Å². The second-order valence-corrected chi connectivity index (χ2v) is 34.8. The van der Waals surface area contributed by atoms with Gasteiger partial charge in [0.15, 0.2) is 0 Å². The van der Waals surface area contributed by atoms with Gasteiger partial charge in [-0.15, -0.1) is 0 Å². The Kier molecular flexibility index (Phi) is 12.1. The monoisotopic (exact) mass is 1370 g/mol. The lowest BCUT2D eigenvalue weighted by molar-refractivity contribution is 0.435. The molecule has 0 bridgehead atoms. The van der Waals surface area contributed by atoms with Gasteiger partial charge in [-0.2, -0.15) is 0 Å². The first kappa shape index (κ1) is 56.4. The molecule has 0 unspecified atom stereocenters. The Bertz CT molecular complexity index is 6600. The number of benzene rings is 13. The summed E-state index contributed by atoms with van der Waals surface area (Å²) in [6.07, 6.45) is 0. The third-order valence-corrected chi connectivity index (χ3v) is 23.2. The van der Waals surface area contributed by atoms with Gasteiger partial charge < -0.3 is 23.3 Å². The number of fused-ring (bicyclic) bond motifs is 19. The highest BCUT2D eigenvalue weighted by Gasteiger charge is 2.55. The molecule has 1 spiro atoms. The lowest BCUT2D eigenvalue weighted by atomic mass is 9.29. The van der Waals surface area contributed by atoms with Crippen molar-refractivity contribution >= 4 is 106 Å². The first-order valence-electron chi connectivity index (χ1n) is 41.1. The maximum atomic E-state index is 10.2. The van der Waals surface area contributed by atoms with Crippen molar-refractivity contribution < 1.29 is 15.7 Å². The lowest BCUT2D eigenvalue weighted by Crippen LogP contribution is -2.65. The molecule has 6 heterocycles. The number of nitrogens with zero attached hydrogens (tertiary/aromatic N) is 4. The van der Waals surface area contributed by atoms with E-state index < -0.39 is 48.4 Å². The molecule has 0 saturated carbocycles. The summed E-state index contributed by atoms with van der Waals surface area (Å²) in [6, 6.07) is 77.1. The molecule has 105 heavy (non-hydrogen) atoms. The van der Waals surface area contributed by atoms with Crippen LogP contribution >= 0.6 is 0 Å². The van der Waals surface area contributed by atoms with Gasteiger partial charge in [0.05, 0.1) is 55.2 Å². The molecule has 19 rings (SSSR count). The molecule has 0 radical (unpaired) electrons. The smallest absolute Gasteiger partial charge is 0.247 e. The van der Waals surface area contributed by atoms with Gasteiger partial charge in [0.25, 0.3) is 0 Å². The molecule has 514 valence electrons. The van der Waals surface area contributed by atoms with Crippen LogP contribution in [0.1, 0.15) is 165 Å². The maximum Gasteiger partial charge on any atom is 0.247 e. The number of hydrogen-bond acceptors (Lipinski definition) is 2. The van der Waals surface area contributed by atoms with Gasteiger partial charge >= 0.3 is 0 Å². The molecule has 3 aliphatic rings. The van der Waals surface area contributed by atoms with E-state index >= 15 is 0 Å². The zero-order valence-corrected chi connectivity index (χ0v) is 62.6. The summed E-state index contributed by atoms with van der Waals surface area (Å²) in [6.45, 7) is 33.5. The van der Waals surface area contributed by atoms with Gasteiger partial charge in [0.1, 0.15) is 11.5 Å². The average Bonchev–Trinajstić information content (AvgIpc) is 1.38. The summed E-state index contributed by atoms with van der Waals surface area (Å²) >= 11 is 0. The summed E-state index contributed by atoms with van der Waals surface area (Å²) in [5.41, 5.74) is 21.6. The van der Waals surface area contributed by atoms with E-state index in [-0.39, 0.29) is 61.0 Å². The van der Waals surface area contributed by atoms with Crippen LogP contribution in [0.25, 0.3) is 93.6 Å². The minimum atomic E-state index is -1.29. The Balaban J connectivity index is 1.04. The quantitative estimate of drug-likeness (QED) is 0.161. The third-order valence-electron chi connectivity index (χ3n) is 23.2. The molecule has 0 fully saturated rings. The van der Waals surface area contributed by atoms with Crippen molar-refractivity contribution in [3.05, 3.63) is 317 Å². The van der Waals surface area contributed by atoms with Crippen molar-refractivity contribution in [1.82, 2.24) is 13.7 Å². The van der Waals surface area contributed by atoms with Crippen LogP contribution in [0.5, 0.6) is 11.5 Å². The standard InChI is InChI=1S/C99H89BN4O/c1-94(2,3)61-39-48-84(73(51-61)60-27-17-16-18-28-60)104-89-58-67(101-85-49-40-62(95(4,5)6)52-74(85)75-53-63(96(7,8)9)41-50-86(75)101)43-47-81(89)100-80-46-42-66(102-87-54-64(97(10,11)12)37-44-71(87)72-45-38-65(55-88(72)102)98(13,14)15)56-78(80)99(76-31-21-25-35-91(76)105-92-36-26-22-32-77(92)99)79-57-68(59-90(104)93(79)100)103-82-33-23-19-29-69(82)70-30-20-24-34-83(70)103/h16-59H,1-15H3/i19D,20D,23D,24D,29D,30D,33D,34D. The number of ether oxygens (including phenoxy) is 1. The highest BCUT2D eigenvalue weighted by Crippen LogP contribution is 2.59. The van der Waals surface area contributed by atoms with E-state index in [0.29, 0.717) is 17.2 Å². The molecule has 3 aromatic heterocycles. The zero-order valence-electron chi connectivity index (χ0n) is 70.6. The van der Waals surface area contributed by atoms with Gasteiger partial charge in [0.2, 0.25) is 6.71 Å². The molecule has 0 amide bonds. The number of rotatable bonds is 5. The molecule has 5 nitrogen and oxygen atoms in total. The Hall–Kier alpha value is -11.1. The van der Waals surface area contributed by atoms with Crippen molar-refractivity contribution in [3.8, 4) is 39.7 Å². The fourth-order valence-corrected chi connectivity index (χ4v) is 17.7. The van der Waals surface area contributed by atoms with Crippen LogP contribution < -0.4 is 26.0 Å². The molecular formula is C99H89BN4O. The molecule has 13 aromatic carbocycles. The van der Waals surface area contributed by atoms with Gasteiger partial charge in [-0.1, -0.05) is 267 Å². The summed E-state index contributed by atoms with van der Waals surface area (Å²) in [5.74, 6) is 1.30. The Morgan fingerprint density at radius 3 is 1.30 bits per heavy atom. The molecule has 0 atom stereocenters. The third kappa shape index (κ3) is 9.67. The first-order chi connectivity index (χ1) is 53.5. The van der Waals surface area contributed by atoms with Crippen molar-refractivity contribution in [2.45, 2.75) is 136 Å². The zero-order chi connectivity index (χ0) is 79.3. The normalized spacial score (nSPS) is 15.2. The molecule has 0 aliphatic carbocycles. The minimum absolute atomic E-state index is 0.00416. The van der Waals surface area contributed by atoms with Crippen LogP contribution in [0.15, 0.2) is 267 Å². The van der Waals surface area contributed by atoms with Crippen LogP contribution in [0.3, 0.4) is 0 Å². The number of para-hydroxylation sites is 4. The van der Waals surface area contributed by atoms with Crippen LogP contribution in [-0.2, 0) is 32.5 Å². The van der Waals surface area contributed by atoms with Crippen LogP contribution in [0.4, 0.5) is 17.1 Å². The first-order valence-corrected chi connectivity index (χ1v) is 37.1. The van der Waals surface area contributed by atoms with Crippen molar-refractivity contribution in [2.24, 2.45) is 0 Å². The van der Waals surface area contributed by atoms with E-state index in [0.717, 1.165) is 127 Å². The predicted molar refractivity (Wildman–Crippen MR) is 446 cm³/mol. The minimum Gasteiger partial charge on any atom is -0.457 e. The van der Waals surface area contributed by atoms with Crippen molar-refractivity contribution in [3.63, 3.8) is 0 Å². The topological polar surface area (TPSA) is 27.3 Å². The SMILES string of the molecule is [2H]c1c([2H])c([2H])c2c(c1[2H])c1c([2H])c([2H])c([2H])c([2H])c1n2-c1cc2c3c(c1)C1(c4ccccc4Oc4ccccc41)c1cc(-n4c5cc(C(C)(C)C)ccc5c5ccc(C(C)(C)C)cc54)ccc1B3c1ccc(-n3c4ccc(C(C)(C)C)cc4c4cc(C(C)(C)C)ccc43)cc1N2c1ccc(C(C)(C)C)cc1-c1ccccc1. The molecule has 6 heteroatoms. The lowest BCUT2D eigenvalue weighted by Gasteiger charge is -2.50. The van der Waals surface area contributed by atoms with Crippen LogP contribution in [0.2, 0.25) is 0 Å². The summed E-state index contributed by atoms with van der Waals surface area (Å²) in [4.78, 5) is 2.44. The van der Waals surface area contributed by atoms with Crippen LogP contribution in [0, 0.1) is 0 Å². The largest absolute Gasteiger partial charge is 0.457 e. The Morgan fingerprint density at radius 2 is 0.752 bits per heavy atom. The second kappa shape index (κ2) is 22.5. The molecule has 3 aliphatic heterocycles. The summed E-state index contributed by atoms with van der Waals surface area (Å²) < 4.78 is 91.8. The van der Waals surface area contributed by atoms with Gasteiger partial charge in [-0.05, 0) is 192 Å². The molecular weight excluding hydrogens is 1270 g/mol. The van der Waals surface area contributed by atoms with E-state index in [2.05, 4.69) is 324 Å². The fourth-order valence-electron chi connectivity index (χ4n) is 17.7. The molecule has 16 aromatic rings.